The Bertz CT molecular complexity index is 1510. The fourth-order valence-corrected chi connectivity index (χ4v) is 4.46. The Labute approximate surface area is 239 Å². The summed E-state index contributed by atoms with van der Waals surface area (Å²) in [7, 11) is 3.03. The summed E-state index contributed by atoms with van der Waals surface area (Å²) < 4.78 is 11.2. The molecule has 0 saturated heterocycles. The summed E-state index contributed by atoms with van der Waals surface area (Å²) in [6.45, 7) is 1.77. The van der Waals surface area contributed by atoms with E-state index >= 15 is 0 Å². The number of nitrogens with two attached hydrogens (primary N) is 1. The van der Waals surface area contributed by atoms with E-state index in [1.165, 1.54) is 26.0 Å². The predicted octanol–water partition coefficient (Wildman–Crippen LogP) is 5.14. The zero-order chi connectivity index (χ0) is 29.4. The Kier molecular flexibility index (Phi) is 9.21. The average molecular weight is 552 g/mol. The highest BCUT2D eigenvalue weighted by Crippen LogP contribution is 2.41. The molecule has 4 aromatic rings. The maximum atomic E-state index is 13.9. The van der Waals surface area contributed by atoms with Crippen LogP contribution in [0.25, 0.3) is 0 Å². The minimum absolute atomic E-state index is 0.0594. The van der Waals surface area contributed by atoms with Gasteiger partial charge in [0.2, 0.25) is 11.8 Å². The van der Waals surface area contributed by atoms with Gasteiger partial charge >= 0.3 is 0 Å². The lowest BCUT2D eigenvalue weighted by Crippen LogP contribution is -2.35. The van der Waals surface area contributed by atoms with Crippen molar-refractivity contribution in [2.24, 2.45) is 5.73 Å². The van der Waals surface area contributed by atoms with Crippen molar-refractivity contribution in [3.05, 3.63) is 114 Å². The molecule has 0 aliphatic rings. The first-order valence-corrected chi connectivity index (χ1v) is 13.0. The number of nitrogens with zero attached hydrogens (tertiary/aromatic N) is 1. The van der Waals surface area contributed by atoms with Crippen LogP contribution in [-0.2, 0) is 16.1 Å². The summed E-state index contributed by atoms with van der Waals surface area (Å²) in [5.41, 5.74) is 9.31. The van der Waals surface area contributed by atoms with Gasteiger partial charge in [0.15, 0.2) is 11.5 Å². The van der Waals surface area contributed by atoms with E-state index in [-0.39, 0.29) is 17.6 Å². The molecule has 9 nitrogen and oxygen atoms in total. The van der Waals surface area contributed by atoms with E-state index in [0.717, 1.165) is 5.56 Å². The number of benzene rings is 4. The van der Waals surface area contributed by atoms with E-state index in [1.54, 1.807) is 36.4 Å². The Morgan fingerprint density at radius 3 is 2.02 bits per heavy atom. The van der Waals surface area contributed by atoms with Crippen LogP contribution < -0.4 is 30.7 Å². The third-order valence-corrected chi connectivity index (χ3v) is 6.49. The van der Waals surface area contributed by atoms with Crippen LogP contribution in [0.15, 0.2) is 97.1 Å². The SMILES string of the molecule is COc1cc(C(Nc2ccc(C(=N)N)cc2)C(=O)NCc2ccccc2)c(N(C(C)=O)c2ccccc2)cc1OC. The van der Waals surface area contributed by atoms with Crippen LogP contribution in [0.5, 0.6) is 11.5 Å². The van der Waals surface area contributed by atoms with Crippen molar-refractivity contribution < 1.29 is 19.1 Å². The maximum absolute atomic E-state index is 13.9. The van der Waals surface area contributed by atoms with Gasteiger partial charge in [-0.2, -0.15) is 0 Å². The minimum atomic E-state index is -0.956. The molecule has 1 atom stereocenters. The van der Waals surface area contributed by atoms with Gasteiger partial charge in [-0.25, -0.2) is 0 Å². The standard InChI is InChI=1S/C32H33N5O4/c1-21(38)37(25-12-8-5-9-13-25)27-19-29(41-3)28(40-2)18-26(27)30(32(39)35-20-22-10-6-4-7-11-22)36-24-16-14-23(15-17-24)31(33)34/h4-19,30,36H,20H2,1-3H3,(H3,33,34)(H,35,39). The maximum Gasteiger partial charge on any atom is 0.247 e. The van der Waals surface area contributed by atoms with Crippen molar-refractivity contribution in [3.63, 3.8) is 0 Å². The molecule has 5 N–H and O–H groups in total. The van der Waals surface area contributed by atoms with Gasteiger partial charge in [0, 0.05) is 42.0 Å². The molecule has 2 amide bonds. The lowest BCUT2D eigenvalue weighted by Gasteiger charge is -2.29. The van der Waals surface area contributed by atoms with Gasteiger partial charge in [-0.15, -0.1) is 0 Å². The van der Waals surface area contributed by atoms with E-state index < -0.39 is 6.04 Å². The number of nitrogens with one attached hydrogen (secondary N) is 3. The van der Waals surface area contributed by atoms with Crippen molar-refractivity contribution >= 4 is 34.7 Å². The second-order valence-corrected chi connectivity index (χ2v) is 9.23. The molecule has 210 valence electrons. The summed E-state index contributed by atoms with van der Waals surface area (Å²) in [6.07, 6.45) is 0. The van der Waals surface area contributed by atoms with E-state index in [4.69, 9.17) is 20.6 Å². The highest BCUT2D eigenvalue weighted by molar-refractivity contribution is 6.02. The van der Waals surface area contributed by atoms with E-state index in [1.807, 2.05) is 60.7 Å². The number of rotatable bonds is 11. The van der Waals surface area contributed by atoms with Crippen LogP contribution >= 0.6 is 0 Å². The molecule has 9 heteroatoms. The third kappa shape index (κ3) is 6.83. The van der Waals surface area contributed by atoms with E-state index in [2.05, 4.69) is 10.6 Å². The Morgan fingerprint density at radius 2 is 1.46 bits per heavy atom. The summed E-state index contributed by atoms with van der Waals surface area (Å²) >= 11 is 0. The van der Waals surface area contributed by atoms with Gasteiger partial charge < -0.3 is 25.8 Å². The number of carbonyl (C=O) groups is 2. The summed E-state index contributed by atoms with van der Waals surface area (Å²) in [5, 5.41) is 14.0. The topological polar surface area (TPSA) is 130 Å². The van der Waals surface area contributed by atoms with Gasteiger partial charge in [0.25, 0.3) is 0 Å². The number of hydrogen-bond acceptors (Lipinski definition) is 6. The second kappa shape index (κ2) is 13.2. The first-order valence-electron chi connectivity index (χ1n) is 13.0. The molecule has 0 aliphatic carbocycles. The van der Waals surface area contributed by atoms with Crippen LogP contribution in [0.2, 0.25) is 0 Å². The highest BCUT2D eigenvalue weighted by atomic mass is 16.5. The number of methoxy groups -OCH3 is 2. The molecular weight excluding hydrogens is 518 g/mol. The number of amidine groups is 1. The number of hydrogen-bond donors (Lipinski definition) is 4. The third-order valence-electron chi connectivity index (χ3n) is 6.49. The molecular formula is C32H33N5O4. The van der Waals surface area contributed by atoms with Gasteiger partial charge in [0.1, 0.15) is 11.9 Å². The van der Waals surface area contributed by atoms with Crippen molar-refractivity contribution in [1.82, 2.24) is 5.32 Å². The van der Waals surface area contributed by atoms with Crippen molar-refractivity contribution in [2.45, 2.75) is 19.5 Å². The Balaban J connectivity index is 1.86. The van der Waals surface area contributed by atoms with Crippen LogP contribution in [0.1, 0.15) is 29.7 Å². The molecule has 0 saturated carbocycles. The fraction of sp³-hybridized carbons (Fsp3) is 0.156. The minimum Gasteiger partial charge on any atom is -0.493 e. The molecule has 1 unspecified atom stereocenters. The number of nitrogen functional groups attached to an aromatic ring is 1. The predicted molar refractivity (Wildman–Crippen MR) is 161 cm³/mol. The van der Waals surface area contributed by atoms with Crippen LogP contribution in [-0.4, -0.2) is 31.9 Å². The van der Waals surface area contributed by atoms with Gasteiger partial charge in [-0.1, -0.05) is 48.5 Å². The summed E-state index contributed by atoms with van der Waals surface area (Å²) in [4.78, 5) is 28.6. The van der Waals surface area contributed by atoms with Gasteiger partial charge in [0.05, 0.1) is 19.9 Å². The van der Waals surface area contributed by atoms with E-state index in [9.17, 15) is 9.59 Å². The van der Waals surface area contributed by atoms with Crippen LogP contribution in [0.3, 0.4) is 0 Å². The first-order chi connectivity index (χ1) is 19.8. The van der Waals surface area contributed by atoms with Crippen LogP contribution in [0.4, 0.5) is 17.1 Å². The monoisotopic (exact) mass is 551 g/mol. The van der Waals surface area contributed by atoms with Gasteiger partial charge in [-0.05, 0) is 48.0 Å². The molecule has 0 aromatic heterocycles. The number of para-hydroxylation sites is 1. The summed E-state index contributed by atoms with van der Waals surface area (Å²) in [6, 6.07) is 28.1. The first kappa shape index (κ1) is 28.7. The Hall–Kier alpha value is -5.31. The largest absolute Gasteiger partial charge is 0.493 e. The highest BCUT2D eigenvalue weighted by Gasteiger charge is 2.30. The number of ether oxygens (including phenoxy) is 2. The Morgan fingerprint density at radius 1 is 0.878 bits per heavy atom. The lowest BCUT2D eigenvalue weighted by molar-refractivity contribution is -0.122. The summed E-state index contributed by atoms with van der Waals surface area (Å²) in [5.74, 6) is 0.171. The van der Waals surface area contributed by atoms with E-state index in [0.29, 0.717) is 46.2 Å². The zero-order valence-corrected chi connectivity index (χ0v) is 23.2. The molecule has 0 spiro atoms. The number of carbonyl (C=O) groups excluding carboxylic acids is 2. The van der Waals surface area contributed by atoms with Gasteiger partial charge in [-0.3, -0.25) is 19.9 Å². The molecule has 4 rings (SSSR count). The molecule has 0 aliphatic heterocycles. The van der Waals surface area contributed by atoms with Crippen molar-refractivity contribution in [2.75, 3.05) is 24.4 Å². The normalized spacial score (nSPS) is 11.2. The molecule has 0 fully saturated rings. The average Bonchev–Trinajstić information content (AvgIpc) is 2.99. The molecule has 4 aromatic carbocycles. The quantitative estimate of drug-likeness (QED) is 0.151. The van der Waals surface area contributed by atoms with Crippen LogP contribution in [0, 0.1) is 5.41 Å². The van der Waals surface area contributed by atoms with Crippen molar-refractivity contribution in [1.29, 1.82) is 5.41 Å². The second-order valence-electron chi connectivity index (χ2n) is 9.23. The fourth-order valence-electron chi connectivity index (χ4n) is 4.46. The smallest absolute Gasteiger partial charge is 0.247 e. The molecule has 0 radical (unpaired) electrons. The number of amides is 2. The van der Waals surface area contributed by atoms with Crippen molar-refractivity contribution in [3.8, 4) is 11.5 Å². The molecule has 0 bridgehead atoms. The number of anilines is 3. The molecule has 0 heterocycles. The zero-order valence-electron chi connectivity index (χ0n) is 23.2. The molecule has 41 heavy (non-hydrogen) atoms. The lowest BCUT2D eigenvalue weighted by atomic mass is 10.00.